The number of pyridine rings is 1. The van der Waals surface area contributed by atoms with Crippen LogP contribution in [0.25, 0.3) is 0 Å². The van der Waals surface area contributed by atoms with Crippen LogP contribution in [0.1, 0.15) is 16.8 Å². The summed E-state index contributed by atoms with van der Waals surface area (Å²) < 4.78 is 0. The predicted octanol–water partition coefficient (Wildman–Crippen LogP) is 3.06. The van der Waals surface area contributed by atoms with E-state index in [0.717, 1.165) is 5.69 Å². The summed E-state index contributed by atoms with van der Waals surface area (Å²) in [4.78, 5) is 18.5. The predicted molar refractivity (Wildman–Crippen MR) is 75.7 cm³/mol. The van der Waals surface area contributed by atoms with Gasteiger partial charge in [0, 0.05) is 23.5 Å². The number of aryl methyl sites for hydroxylation is 2. The van der Waals surface area contributed by atoms with Gasteiger partial charge in [-0.05, 0) is 37.6 Å². The number of phenolic OH excluding ortho intramolecular Hbond substituents is 1. The van der Waals surface area contributed by atoms with Crippen LogP contribution < -0.4 is 0 Å². The van der Waals surface area contributed by atoms with Crippen LogP contribution in [0.15, 0.2) is 35.3 Å². The van der Waals surface area contributed by atoms with Crippen LogP contribution in [0.3, 0.4) is 0 Å². The molecule has 0 aliphatic rings. The fourth-order valence-electron chi connectivity index (χ4n) is 1.76. The average Bonchev–Trinajstić information content (AvgIpc) is 2.39. The van der Waals surface area contributed by atoms with Crippen LogP contribution in [0.5, 0.6) is 5.75 Å². The Bertz CT molecular complexity index is 696. The minimum absolute atomic E-state index is 0.292. The second-order valence-corrected chi connectivity index (χ2v) is 4.37. The van der Waals surface area contributed by atoms with E-state index in [-0.39, 0.29) is 5.69 Å². The second-order valence-electron chi connectivity index (χ2n) is 4.37. The lowest BCUT2D eigenvalue weighted by atomic mass is 10.1. The molecular formula is C14H13N3O3. The summed E-state index contributed by atoms with van der Waals surface area (Å²) in [6.07, 6.45) is 1.37. The molecule has 0 amide bonds. The van der Waals surface area contributed by atoms with Crippen molar-refractivity contribution < 1.29 is 10.0 Å². The molecule has 1 N–H and O–H groups in total. The molecule has 0 bridgehead atoms. The maximum absolute atomic E-state index is 10.8. The van der Waals surface area contributed by atoms with Crippen molar-refractivity contribution in [2.75, 3.05) is 0 Å². The molecule has 0 saturated heterocycles. The lowest BCUT2D eigenvalue weighted by molar-refractivity contribution is -0.385. The summed E-state index contributed by atoms with van der Waals surface area (Å²) in [5.41, 5.74) is 1.45. The van der Waals surface area contributed by atoms with Crippen molar-refractivity contribution in [2.24, 2.45) is 4.99 Å². The minimum Gasteiger partial charge on any atom is -0.502 e. The molecule has 1 heterocycles. The molecule has 102 valence electrons. The van der Waals surface area contributed by atoms with Gasteiger partial charge in [-0.2, -0.15) is 0 Å². The summed E-state index contributed by atoms with van der Waals surface area (Å²) in [5, 5.41) is 20.7. The first-order valence-electron chi connectivity index (χ1n) is 5.93. The van der Waals surface area contributed by atoms with Gasteiger partial charge in [-0.15, -0.1) is 0 Å². The molecule has 6 nitrogen and oxygen atoms in total. The van der Waals surface area contributed by atoms with Crippen molar-refractivity contribution in [3.63, 3.8) is 0 Å². The molecular weight excluding hydrogens is 258 g/mol. The van der Waals surface area contributed by atoms with E-state index in [1.54, 1.807) is 19.1 Å². The molecule has 0 aliphatic carbocycles. The van der Waals surface area contributed by atoms with E-state index in [9.17, 15) is 15.2 Å². The summed E-state index contributed by atoms with van der Waals surface area (Å²) in [6, 6.07) is 8.31. The van der Waals surface area contributed by atoms with Gasteiger partial charge in [-0.1, -0.05) is 6.07 Å². The highest BCUT2D eigenvalue weighted by molar-refractivity contribution is 5.87. The molecule has 0 radical (unpaired) electrons. The van der Waals surface area contributed by atoms with Gasteiger partial charge >= 0.3 is 5.69 Å². The van der Waals surface area contributed by atoms with Crippen LogP contribution in [-0.4, -0.2) is 21.2 Å². The number of hydrogen-bond donors (Lipinski definition) is 1. The van der Waals surface area contributed by atoms with E-state index in [0.29, 0.717) is 16.9 Å². The monoisotopic (exact) mass is 271 g/mol. The van der Waals surface area contributed by atoms with Crippen molar-refractivity contribution in [1.82, 2.24) is 4.98 Å². The molecule has 2 rings (SSSR count). The third kappa shape index (κ3) is 2.97. The Morgan fingerprint density at radius 3 is 2.75 bits per heavy atom. The fraction of sp³-hybridized carbons (Fsp3) is 0.143. The fourth-order valence-corrected chi connectivity index (χ4v) is 1.76. The first kappa shape index (κ1) is 13.7. The molecule has 0 aliphatic heterocycles. The van der Waals surface area contributed by atoms with Crippen LogP contribution in [-0.2, 0) is 0 Å². The molecule has 0 atom stereocenters. The van der Waals surface area contributed by atoms with E-state index >= 15 is 0 Å². The highest BCUT2D eigenvalue weighted by Crippen LogP contribution is 2.30. The molecule has 1 aromatic carbocycles. The highest BCUT2D eigenvalue weighted by Gasteiger charge is 2.16. The summed E-state index contributed by atoms with van der Waals surface area (Å²) >= 11 is 0. The normalized spacial score (nSPS) is 10.9. The average molecular weight is 271 g/mol. The number of benzene rings is 1. The van der Waals surface area contributed by atoms with E-state index in [4.69, 9.17) is 0 Å². The quantitative estimate of drug-likeness (QED) is 0.528. The first-order chi connectivity index (χ1) is 9.47. The molecule has 0 spiro atoms. The molecule has 0 unspecified atom stereocenters. The van der Waals surface area contributed by atoms with Crippen LogP contribution >= 0.6 is 0 Å². The van der Waals surface area contributed by atoms with Crippen molar-refractivity contribution in [2.45, 2.75) is 13.8 Å². The van der Waals surface area contributed by atoms with Crippen LogP contribution in [0.4, 0.5) is 11.5 Å². The zero-order valence-corrected chi connectivity index (χ0v) is 11.1. The van der Waals surface area contributed by atoms with Gasteiger partial charge in [0.05, 0.1) is 4.92 Å². The number of aromatic nitrogens is 1. The van der Waals surface area contributed by atoms with Crippen LogP contribution in [0, 0.1) is 24.0 Å². The van der Waals surface area contributed by atoms with Gasteiger partial charge < -0.3 is 5.11 Å². The van der Waals surface area contributed by atoms with Crippen LogP contribution in [0.2, 0.25) is 0 Å². The zero-order valence-electron chi connectivity index (χ0n) is 11.1. The maximum atomic E-state index is 10.8. The summed E-state index contributed by atoms with van der Waals surface area (Å²) in [6.45, 7) is 3.56. The number of aromatic hydroxyl groups is 1. The SMILES string of the molecule is Cc1cc(/C=N/c2cccc(C)n2)c(O)c([N+](=O)[O-])c1. The lowest BCUT2D eigenvalue weighted by Gasteiger charge is -2.02. The number of nitrogens with zero attached hydrogens (tertiary/aromatic N) is 3. The molecule has 1 aromatic heterocycles. The summed E-state index contributed by atoms with van der Waals surface area (Å²) in [7, 11) is 0. The molecule has 2 aromatic rings. The van der Waals surface area contributed by atoms with E-state index < -0.39 is 10.7 Å². The topological polar surface area (TPSA) is 88.6 Å². The van der Waals surface area contributed by atoms with E-state index in [1.807, 2.05) is 19.1 Å². The zero-order chi connectivity index (χ0) is 14.7. The standard InChI is InChI=1S/C14H13N3O3/c1-9-6-11(14(18)12(7-9)17(19)20)8-15-13-5-3-4-10(2)16-13/h3-8,18H,1-2H3/b15-8+. The van der Waals surface area contributed by atoms with E-state index in [1.165, 1.54) is 12.3 Å². The third-order valence-electron chi connectivity index (χ3n) is 2.67. The third-order valence-corrected chi connectivity index (χ3v) is 2.67. The van der Waals surface area contributed by atoms with Crippen molar-refractivity contribution in [3.05, 3.63) is 57.3 Å². The number of aliphatic imine (C=N–C) groups is 1. The molecule has 20 heavy (non-hydrogen) atoms. The number of nitro benzene ring substituents is 1. The van der Waals surface area contributed by atoms with Gasteiger partial charge in [0.1, 0.15) is 0 Å². The largest absolute Gasteiger partial charge is 0.502 e. The Balaban J connectivity index is 2.41. The van der Waals surface area contributed by atoms with Gasteiger partial charge in [-0.25, -0.2) is 9.98 Å². The smallest absolute Gasteiger partial charge is 0.311 e. The maximum Gasteiger partial charge on any atom is 0.311 e. The Labute approximate surface area is 115 Å². The molecule has 0 saturated carbocycles. The highest BCUT2D eigenvalue weighted by atomic mass is 16.6. The number of hydrogen-bond acceptors (Lipinski definition) is 5. The van der Waals surface area contributed by atoms with Crippen molar-refractivity contribution >= 4 is 17.7 Å². The van der Waals surface area contributed by atoms with Gasteiger partial charge in [-0.3, -0.25) is 10.1 Å². The number of nitro groups is 1. The Kier molecular flexibility index (Phi) is 3.74. The van der Waals surface area contributed by atoms with Gasteiger partial charge in [0.2, 0.25) is 5.75 Å². The van der Waals surface area contributed by atoms with Crippen molar-refractivity contribution in [3.8, 4) is 5.75 Å². The minimum atomic E-state index is -0.620. The second kappa shape index (κ2) is 5.48. The Hall–Kier alpha value is -2.76. The molecule has 0 fully saturated rings. The number of rotatable bonds is 3. The Morgan fingerprint density at radius 1 is 1.35 bits per heavy atom. The first-order valence-corrected chi connectivity index (χ1v) is 5.93. The number of phenols is 1. The van der Waals surface area contributed by atoms with Gasteiger partial charge in [0.25, 0.3) is 0 Å². The lowest BCUT2D eigenvalue weighted by Crippen LogP contribution is -1.93. The van der Waals surface area contributed by atoms with Crippen molar-refractivity contribution in [1.29, 1.82) is 0 Å². The van der Waals surface area contributed by atoms with E-state index in [2.05, 4.69) is 9.98 Å². The van der Waals surface area contributed by atoms with Gasteiger partial charge in [0.15, 0.2) is 5.82 Å². The Morgan fingerprint density at radius 2 is 2.10 bits per heavy atom. The molecule has 6 heteroatoms. The summed E-state index contributed by atoms with van der Waals surface area (Å²) in [5.74, 6) is 0.0885.